The summed E-state index contributed by atoms with van der Waals surface area (Å²) in [6, 6.07) is 9.49. The Balaban J connectivity index is 2.41. The highest BCUT2D eigenvalue weighted by atomic mass is 35.5. The number of carbonyl (C=O) groups is 1. The Morgan fingerprint density at radius 3 is 2.22 bits per heavy atom. The van der Waals surface area contributed by atoms with E-state index in [0.717, 1.165) is 5.56 Å². The first-order chi connectivity index (χ1) is 8.49. The van der Waals surface area contributed by atoms with Crippen molar-refractivity contribution in [3.05, 3.63) is 69.5 Å². The second-order valence-electron chi connectivity index (χ2n) is 4.26. The first-order valence-corrected chi connectivity index (χ1v) is 5.94. The van der Waals surface area contributed by atoms with E-state index < -0.39 is 0 Å². The zero-order valence-corrected chi connectivity index (χ0v) is 10.9. The van der Waals surface area contributed by atoms with Crippen LogP contribution in [0.3, 0.4) is 0 Å². The molecule has 3 heteroatoms. The van der Waals surface area contributed by atoms with Crippen molar-refractivity contribution < 1.29 is 9.18 Å². The Kier molecular flexibility index (Phi) is 3.48. The number of benzene rings is 2. The fraction of sp³-hybridized carbons (Fsp3) is 0.133. The lowest BCUT2D eigenvalue weighted by Crippen LogP contribution is -2.02. The van der Waals surface area contributed by atoms with Crippen molar-refractivity contribution in [2.24, 2.45) is 0 Å². The number of carbonyl (C=O) groups excluding carboxylic acids is 1. The standard InChI is InChI=1S/C15H12ClFO/c1-9-3-4-12(8-13(9)16)15(18)11-5-6-14(17)10(2)7-11/h3-8H,1-2H3. The van der Waals surface area contributed by atoms with Gasteiger partial charge in [-0.2, -0.15) is 0 Å². The summed E-state index contributed by atoms with van der Waals surface area (Å²) in [6.07, 6.45) is 0. The summed E-state index contributed by atoms with van der Waals surface area (Å²) in [5.74, 6) is -0.464. The summed E-state index contributed by atoms with van der Waals surface area (Å²) in [5, 5.41) is 0.555. The Bertz CT molecular complexity index is 566. The van der Waals surface area contributed by atoms with Gasteiger partial charge >= 0.3 is 0 Å². The van der Waals surface area contributed by atoms with Crippen LogP contribution in [0.2, 0.25) is 5.02 Å². The van der Waals surface area contributed by atoms with Crippen LogP contribution in [0.15, 0.2) is 36.4 Å². The summed E-state index contributed by atoms with van der Waals surface area (Å²) in [5.41, 5.74) is 2.35. The molecule has 92 valence electrons. The van der Waals surface area contributed by atoms with Gasteiger partial charge in [-0.1, -0.05) is 23.7 Å². The number of ketones is 1. The fourth-order valence-electron chi connectivity index (χ4n) is 1.69. The highest BCUT2D eigenvalue weighted by Gasteiger charge is 2.11. The van der Waals surface area contributed by atoms with Crippen LogP contribution in [-0.2, 0) is 0 Å². The summed E-state index contributed by atoms with van der Waals surface area (Å²) >= 11 is 5.99. The first-order valence-electron chi connectivity index (χ1n) is 5.56. The molecule has 0 heterocycles. The van der Waals surface area contributed by atoms with E-state index in [9.17, 15) is 9.18 Å². The second kappa shape index (κ2) is 4.91. The molecular formula is C15H12ClFO. The van der Waals surface area contributed by atoms with E-state index in [0.29, 0.717) is 21.7 Å². The molecule has 0 bridgehead atoms. The number of rotatable bonds is 2. The van der Waals surface area contributed by atoms with Crippen LogP contribution in [0.1, 0.15) is 27.0 Å². The Morgan fingerprint density at radius 1 is 1.00 bits per heavy atom. The van der Waals surface area contributed by atoms with E-state index in [1.54, 1.807) is 31.2 Å². The monoisotopic (exact) mass is 262 g/mol. The topological polar surface area (TPSA) is 17.1 Å². The number of hydrogen-bond acceptors (Lipinski definition) is 1. The van der Waals surface area contributed by atoms with Gasteiger partial charge in [0.05, 0.1) is 0 Å². The molecule has 0 aliphatic heterocycles. The molecule has 0 aliphatic carbocycles. The van der Waals surface area contributed by atoms with Gasteiger partial charge in [0.15, 0.2) is 5.78 Å². The average molecular weight is 263 g/mol. The molecule has 0 saturated carbocycles. The Morgan fingerprint density at radius 2 is 1.61 bits per heavy atom. The fourth-order valence-corrected chi connectivity index (χ4v) is 1.87. The molecule has 0 saturated heterocycles. The van der Waals surface area contributed by atoms with E-state index in [-0.39, 0.29) is 11.6 Å². The maximum atomic E-state index is 13.1. The largest absolute Gasteiger partial charge is 0.289 e. The predicted molar refractivity (Wildman–Crippen MR) is 70.8 cm³/mol. The second-order valence-corrected chi connectivity index (χ2v) is 4.66. The minimum Gasteiger partial charge on any atom is -0.289 e. The summed E-state index contributed by atoms with van der Waals surface area (Å²) in [6.45, 7) is 3.51. The van der Waals surface area contributed by atoms with Crippen molar-refractivity contribution in [2.75, 3.05) is 0 Å². The van der Waals surface area contributed by atoms with Gasteiger partial charge in [-0.05, 0) is 49.2 Å². The summed E-state index contributed by atoms with van der Waals surface area (Å²) < 4.78 is 13.1. The minimum atomic E-state index is -0.312. The van der Waals surface area contributed by atoms with Gasteiger partial charge in [0.25, 0.3) is 0 Å². The lowest BCUT2D eigenvalue weighted by molar-refractivity contribution is 0.103. The first kappa shape index (κ1) is 12.8. The van der Waals surface area contributed by atoms with Crippen LogP contribution < -0.4 is 0 Å². The van der Waals surface area contributed by atoms with E-state index >= 15 is 0 Å². The third-order valence-electron chi connectivity index (χ3n) is 2.85. The van der Waals surface area contributed by atoms with E-state index in [4.69, 9.17) is 11.6 Å². The molecular weight excluding hydrogens is 251 g/mol. The van der Waals surface area contributed by atoms with Gasteiger partial charge < -0.3 is 0 Å². The van der Waals surface area contributed by atoms with Crippen molar-refractivity contribution >= 4 is 17.4 Å². The highest BCUT2D eigenvalue weighted by molar-refractivity contribution is 6.31. The lowest BCUT2D eigenvalue weighted by atomic mass is 10.0. The molecule has 0 N–H and O–H groups in total. The quantitative estimate of drug-likeness (QED) is 0.737. The van der Waals surface area contributed by atoms with Gasteiger partial charge in [-0.3, -0.25) is 4.79 Å². The van der Waals surface area contributed by atoms with Crippen molar-refractivity contribution in [3.63, 3.8) is 0 Å². The third-order valence-corrected chi connectivity index (χ3v) is 3.26. The molecule has 18 heavy (non-hydrogen) atoms. The molecule has 2 aromatic rings. The Labute approximate surface area is 110 Å². The molecule has 0 aromatic heterocycles. The van der Waals surface area contributed by atoms with Crippen LogP contribution in [-0.4, -0.2) is 5.78 Å². The molecule has 0 amide bonds. The molecule has 0 radical (unpaired) electrons. The van der Waals surface area contributed by atoms with Gasteiger partial charge in [0, 0.05) is 16.1 Å². The lowest BCUT2D eigenvalue weighted by Gasteiger charge is -2.05. The van der Waals surface area contributed by atoms with Gasteiger partial charge in [0.2, 0.25) is 0 Å². The highest BCUT2D eigenvalue weighted by Crippen LogP contribution is 2.20. The van der Waals surface area contributed by atoms with Gasteiger partial charge in [-0.25, -0.2) is 4.39 Å². The maximum absolute atomic E-state index is 13.1. The molecule has 0 aliphatic rings. The molecule has 0 atom stereocenters. The van der Waals surface area contributed by atoms with Crippen molar-refractivity contribution in [2.45, 2.75) is 13.8 Å². The van der Waals surface area contributed by atoms with Gasteiger partial charge in [0.1, 0.15) is 5.82 Å². The van der Waals surface area contributed by atoms with Crippen LogP contribution in [0.4, 0.5) is 4.39 Å². The number of halogens is 2. The third kappa shape index (κ3) is 2.44. The van der Waals surface area contributed by atoms with Gasteiger partial charge in [-0.15, -0.1) is 0 Å². The summed E-state index contributed by atoms with van der Waals surface area (Å²) in [4.78, 5) is 12.2. The molecule has 1 nitrogen and oxygen atoms in total. The maximum Gasteiger partial charge on any atom is 0.193 e. The Hall–Kier alpha value is -1.67. The van der Waals surface area contributed by atoms with E-state index in [1.807, 2.05) is 6.92 Å². The minimum absolute atomic E-state index is 0.153. The van der Waals surface area contributed by atoms with Crippen molar-refractivity contribution in [1.82, 2.24) is 0 Å². The van der Waals surface area contributed by atoms with Crippen molar-refractivity contribution in [3.8, 4) is 0 Å². The van der Waals surface area contributed by atoms with Crippen LogP contribution in [0.5, 0.6) is 0 Å². The zero-order valence-electron chi connectivity index (χ0n) is 10.1. The smallest absolute Gasteiger partial charge is 0.193 e. The summed E-state index contributed by atoms with van der Waals surface area (Å²) in [7, 11) is 0. The molecule has 2 aromatic carbocycles. The van der Waals surface area contributed by atoms with Crippen LogP contribution in [0, 0.1) is 19.7 Å². The van der Waals surface area contributed by atoms with E-state index in [1.165, 1.54) is 12.1 Å². The van der Waals surface area contributed by atoms with Crippen LogP contribution in [0.25, 0.3) is 0 Å². The molecule has 0 unspecified atom stereocenters. The average Bonchev–Trinajstić information content (AvgIpc) is 2.35. The van der Waals surface area contributed by atoms with E-state index in [2.05, 4.69) is 0 Å². The number of aryl methyl sites for hydroxylation is 2. The molecule has 2 rings (SSSR count). The van der Waals surface area contributed by atoms with Crippen molar-refractivity contribution in [1.29, 1.82) is 0 Å². The SMILES string of the molecule is Cc1cc(C(=O)c2ccc(C)c(Cl)c2)ccc1F. The predicted octanol–water partition coefficient (Wildman–Crippen LogP) is 4.33. The zero-order chi connectivity index (χ0) is 13.3. The van der Waals surface area contributed by atoms with Crippen LogP contribution >= 0.6 is 11.6 Å². The normalized spacial score (nSPS) is 10.4. The molecule has 0 spiro atoms. The number of hydrogen-bond donors (Lipinski definition) is 0. The molecule has 0 fully saturated rings.